The number of rotatable bonds is 5. The van der Waals surface area contributed by atoms with E-state index in [1.165, 1.54) is 26.0 Å². The number of nitrogens with zero attached hydrogens (tertiary/aromatic N) is 1. The molecule has 8 heteroatoms. The van der Waals surface area contributed by atoms with E-state index in [0.717, 1.165) is 6.07 Å². The van der Waals surface area contributed by atoms with Crippen LogP contribution in [0.1, 0.15) is 13.8 Å². The summed E-state index contributed by atoms with van der Waals surface area (Å²) < 4.78 is 0. The minimum Gasteiger partial charge on any atom is -0.481 e. The maximum Gasteiger partial charge on any atom is 0.307 e. The van der Waals surface area contributed by atoms with Crippen LogP contribution in [0.2, 0.25) is 5.02 Å². The van der Waals surface area contributed by atoms with Crippen LogP contribution >= 0.6 is 11.6 Å². The molecule has 2 unspecified atom stereocenters. The van der Waals surface area contributed by atoms with Gasteiger partial charge in [0.1, 0.15) is 5.69 Å². The van der Waals surface area contributed by atoms with Gasteiger partial charge in [0, 0.05) is 17.0 Å². The molecule has 0 heterocycles. The van der Waals surface area contributed by atoms with Crippen molar-refractivity contribution in [3.8, 4) is 0 Å². The first-order valence-electron chi connectivity index (χ1n) is 5.71. The van der Waals surface area contributed by atoms with E-state index >= 15 is 0 Å². The molecular weight excluding hydrogens is 288 g/mol. The summed E-state index contributed by atoms with van der Waals surface area (Å²) in [5.41, 5.74) is -0.366. The fourth-order valence-corrected chi connectivity index (χ4v) is 1.62. The Morgan fingerprint density at radius 1 is 1.35 bits per heavy atom. The van der Waals surface area contributed by atoms with Crippen LogP contribution in [0.4, 0.5) is 11.4 Å². The second kappa shape index (κ2) is 6.33. The molecule has 7 nitrogen and oxygen atoms in total. The van der Waals surface area contributed by atoms with Crippen molar-refractivity contribution in [3.05, 3.63) is 33.3 Å². The lowest BCUT2D eigenvalue weighted by Gasteiger charge is -2.15. The third-order valence-corrected chi connectivity index (χ3v) is 3.20. The molecule has 2 N–H and O–H groups in total. The maximum atomic E-state index is 11.9. The van der Waals surface area contributed by atoms with Gasteiger partial charge in [-0.3, -0.25) is 19.7 Å². The Kier molecular flexibility index (Phi) is 5.04. The van der Waals surface area contributed by atoms with Gasteiger partial charge in [0.15, 0.2) is 0 Å². The molecule has 0 aliphatic heterocycles. The average Bonchev–Trinajstić information content (AvgIpc) is 2.38. The number of benzene rings is 1. The van der Waals surface area contributed by atoms with E-state index < -0.39 is 28.6 Å². The number of hydrogen-bond donors (Lipinski definition) is 2. The zero-order valence-corrected chi connectivity index (χ0v) is 11.5. The number of halogens is 1. The summed E-state index contributed by atoms with van der Waals surface area (Å²) >= 11 is 5.66. The van der Waals surface area contributed by atoms with Gasteiger partial charge < -0.3 is 10.4 Å². The highest BCUT2D eigenvalue weighted by atomic mass is 35.5. The van der Waals surface area contributed by atoms with E-state index in [9.17, 15) is 19.7 Å². The lowest BCUT2D eigenvalue weighted by Crippen LogP contribution is -2.30. The SMILES string of the molecule is CC(C(=O)O)C(C)C(=O)Nc1ccc(Cl)cc1[N+](=O)[O-]. The molecule has 1 rings (SSSR count). The molecule has 20 heavy (non-hydrogen) atoms. The first-order chi connectivity index (χ1) is 9.23. The van der Waals surface area contributed by atoms with Gasteiger partial charge in [-0.05, 0) is 12.1 Å². The number of carbonyl (C=O) groups is 2. The molecular formula is C12H13ClN2O5. The molecule has 0 aliphatic carbocycles. The van der Waals surface area contributed by atoms with E-state index in [4.69, 9.17) is 16.7 Å². The molecule has 2 atom stereocenters. The number of nitro benzene ring substituents is 1. The Morgan fingerprint density at radius 2 is 1.95 bits per heavy atom. The summed E-state index contributed by atoms with van der Waals surface area (Å²) in [7, 11) is 0. The fraction of sp³-hybridized carbons (Fsp3) is 0.333. The molecule has 108 valence electrons. The Morgan fingerprint density at radius 3 is 2.45 bits per heavy atom. The fourth-order valence-electron chi connectivity index (χ4n) is 1.45. The van der Waals surface area contributed by atoms with Crippen molar-refractivity contribution in [3.63, 3.8) is 0 Å². The smallest absolute Gasteiger partial charge is 0.307 e. The van der Waals surface area contributed by atoms with Gasteiger partial charge >= 0.3 is 5.97 Å². The van der Waals surface area contributed by atoms with Crippen LogP contribution in [0.25, 0.3) is 0 Å². The van der Waals surface area contributed by atoms with Crippen molar-refractivity contribution in [1.82, 2.24) is 0 Å². The highest BCUT2D eigenvalue weighted by Gasteiger charge is 2.27. The van der Waals surface area contributed by atoms with Gasteiger partial charge in [0.05, 0.1) is 10.8 Å². The van der Waals surface area contributed by atoms with Gasteiger partial charge in [-0.1, -0.05) is 25.4 Å². The van der Waals surface area contributed by atoms with Crippen LogP contribution in [0, 0.1) is 22.0 Å². The number of hydrogen-bond acceptors (Lipinski definition) is 4. The molecule has 1 aromatic carbocycles. The molecule has 0 aromatic heterocycles. The molecule has 0 spiro atoms. The molecule has 0 fully saturated rings. The number of carboxylic acid groups (broad SMARTS) is 1. The van der Waals surface area contributed by atoms with E-state index in [2.05, 4.69) is 5.32 Å². The number of carbonyl (C=O) groups excluding carboxylic acids is 1. The molecule has 1 amide bonds. The molecule has 1 aromatic rings. The van der Waals surface area contributed by atoms with Crippen LogP contribution in [0.5, 0.6) is 0 Å². The van der Waals surface area contributed by atoms with Crippen molar-refractivity contribution in [2.75, 3.05) is 5.32 Å². The number of nitro groups is 1. The summed E-state index contributed by atoms with van der Waals surface area (Å²) in [6, 6.07) is 3.81. The van der Waals surface area contributed by atoms with E-state index in [1.54, 1.807) is 0 Å². The predicted octanol–water partition coefficient (Wildman–Crippen LogP) is 2.54. The van der Waals surface area contributed by atoms with Gasteiger partial charge in [0.25, 0.3) is 5.69 Å². The zero-order valence-electron chi connectivity index (χ0n) is 10.8. The van der Waals surface area contributed by atoms with Crippen LogP contribution < -0.4 is 5.32 Å². The van der Waals surface area contributed by atoms with Crippen LogP contribution in [0.3, 0.4) is 0 Å². The van der Waals surface area contributed by atoms with Crippen LogP contribution in [-0.4, -0.2) is 21.9 Å². The molecule has 0 bridgehead atoms. The number of anilines is 1. The van der Waals surface area contributed by atoms with E-state index in [1.807, 2.05) is 0 Å². The van der Waals surface area contributed by atoms with Crippen molar-refractivity contribution in [2.24, 2.45) is 11.8 Å². The van der Waals surface area contributed by atoms with Crippen LogP contribution in [-0.2, 0) is 9.59 Å². The van der Waals surface area contributed by atoms with Crippen molar-refractivity contribution in [1.29, 1.82) is 0 Å². The van der Waals surface area contributed by atoms with E-state index in [-0.39, 0.29) is 16.4 Å². The second-order valence-electron chi connectivity index (χ2n) is 4.32. The first-order valence-corrected chi connectivity index (χ1v) is 6.09. The lowest BCUT2D eigenvalue weighted by atomic mass is 9.95. The Labute approximate surface area is 119 Å². The molecule has 0 saturated heterocycles. The minimum absolute atomic E-state index is 0.0196. The summed E-state index contributed by atoms with van der Waals surface area (Å²) in [6.07, 6.45) is 0. The molecule has 0 aliphatic rings. The topological polar surface area (TPSA) is 110 Å². The third kappa shape index (κ3) is 3.67. The summed E-state index contributed by atoms with van der Waals surface area (Å²) in [5, 5.41) is 22.2. The molecule has 0 saturated carbocycles. The third-order valence-electron chi connectivity index (χ3n) is 2.97. The minimum atomic E-state index is -1.11. The number of carboxylic acids is 1. The Hall–Kier alpha value is -2.15. The average molecular weight is 301 g/mol. The maximum absolute atomic E-state index is 11.9. The Bertz CT molecular complexity index is 561. The van der Waals surface area contributed by atoms with Crippen molar-refractivity contribution < 1.29 is 19.6 Å². The zero-order chi connectivity index (χ0) is 15.4. The van der Waals surface area contributed by atoms with Gasteiger partial charge in [0.2, 0.25) is 5.91 Å². The number of aliphatic carboxylic acids is 1. The standard InChI is InChI=1S/C12H13ClN2O5/c1-6(7(2)12(17)18)11(16)14-9-4-3-8(13)5-10(9)15(19)20/h3-7H,1-2H3,(H,14,16)(H,17,18). The van der Waals surface area contributed by atoms with Crippen molar-refractivity contribution in [2.45, 2.75) is 13.8 Å². The first kappa shape index (κ1) is 15.9. The second-order valence-corrected chi connectivity index (χ2v) is 4.76. The highest BCUT2D eigenvalue weighted by Crippen LogP contribution is 2.28. The quantitative estimate of drug-likeness (QED) is 0.641. The summed E-state index contributed by atoms with van der Waals surface area (Å²) in [6.45, 7) is 2.83. The number of amides is 1. The largest absolute Gasteiger partial charge is 0.481 e. The normalized spacial score (nSPS) is 13.3. The molecule has 0 radical (unpaired) electrons. The lowest BCUT2D eigenvalue weighted by molar-refractivity contribution is -0.383. The predicted molar refractivity (Wildman–Crippen MR) is 72.7 cm³/mol. The van der Waals surface area contributed by atoms with E-state index in [0.29, 0.717) is 0 Å². The van der Waals surface area contributed by atoms with Gasteiger partial charge in [-0.2, -0.15) is 0 Å². The van der Waals surface area contributed by atoms with Gasteiger partial charge in [-0.25, -0.2) is 0 Å². The Balaban J connectivity index is 2.96. The summed E-state index contributed by atoms with van der Waals surface area (Å²) in [4.78, 5) is 32.9. The van der Waals surface area contributed by atoms with Crippen molar-refractivity contribution >= 4 is 34.9 Å². The van der Waals surface area contributed by atoms with Crippen LogP contribution in [0.15, 0.2) is 18.2 Å². The highest BCUT2D eigenvalue weighted by molar-refractivity contribution is 6.31. The monoisotopic (exact) mass is 300 g/mol. The summed E-state index contributed by atoms with van der Waals surface area (Å²) in [5.74, 6) is -3.45. The van der Waals surface area contributed by atoms with Gasteiger partial charge in [-0.15, -0.1) is 0 Å². The number of nitrogens with one attached hydrogen (secondary N) is 1.